The molecular formula is C57H36N4. The molecule has 0 fully saturated rings. The van der Waals surface area contributed by atoms with Crippen LogP contribution in [0.5, 0.6) is 0 Å². The van der Waals surface area contributed by atoms with E-state index in [0.29, 0.717) is 0 Å². The van der Waals surface area contributed by atoms with Crippen molar-refractivity contribution in [3.05, 3.63) is 218 Å². The van der Waals surface area contributed by atoms with Gasteiger partial charge in [-0.25, -0.2) is 14.6 Å². The van der Waals surface area contributed by atoms with Gasteiger partial charge in [0.15, 0.2) is 0 Å². The molecule has 0 saturated carbocycles. The van der Waals surface area contributed by atoms with Crippen molar-refractivity contribution in [3.8, 4) is 61.7 Å². The summed E-state index contributed by atoms with van der Waals surface area (Å²) >= 11 is 0. The van der Waals surface area contributed by atoms with E-state index in [1.807, 2.05) is 6.07 Å². The molecule has 0 bridgehead atoms. The standard InChI is InChI=1S/C57H36N4/c1-5-13-38(14-6-1)50-36-47-34-44(27-30-49(47)57-53(50)54(40-17-9-3-10-18-40)60-61(57)48-19-11-4-12-20-48)43-25-21-37-22-26-45(35-46(37)33-43)52-32-29-42-24-23-41-28-31-51(39-15-7-2-8-16-39)58-55(41)56(42)59-52/h1-36H. The topological polar surface area (TPSA) is 43.6 Å². The van der Waals surface area contributed by atoms with E-state index in [0.717, 1.165) is 111 Å². The van der Waals surface area contributed by atoms with E-state index in [1.54, 1.807) is 0 Å². The zero-order valence-corrected chi connectivity index (χ0v) is 33.1. The minimum absolute atomic E-state index is 0.909. The van der Waals surface area contributed by atoms with Crippen LogP contribution < -0.4 is 0 Å². The zero-order chi connectivity index (χ0) is 40.3. The monoisotopic (exact) mass is 776 g/mol. The van der Waals surface area contributed by atoms with E-state index in [9.17, 15) is 0 Å². The van der Waals surface area contributed by atoms with Gasteiger partial charge in [0.1, 0.15) is 5.69 Å². The third kappa shape index (κ3) is 6.04. The van der Waals surface area contributed by atoms with Crippen LogP contribution in [0.15, 0.2) is 218 Å². The third-order valence-corrected chi connectivity index (χ3v) is 12.0. The minimum atomic E-state index is 0.909. The van der Waals surface area contributed by atoms with Crippen LogP contribution in [0.3, 0.4) is 0 Å². The molecule has 3 aromatic heterocycles. The first-order valence-corrected chi connectivity index (χ1v) is 20.7. The normalized spacial score (nSPS) is 11.6. The predicted molar refractivity (Wildman–Crippen MR) is 254 cm³/mol. The highest BCUT2D eigenvalue weighted by molar-refractivity contribution is 6.18. The molecule has 4 nitrogen and oxygen atoms in total. The number of pyridine rings is 2. The summed E-state index contributed by atoms with van der Waals surface area (Å²) in [5.41, 5.74) is 14.7. The first-order chi connectivity index (χ1) is 30.2. The number of nitrogens with zero attached hydrogens (tertiary/aromatic N) is 4. The first kappa shape index (κ1) is 34.8. The Morgan fingerprint density at radius 1 is 0.328 bits per heavy atom. The Bertz CT molecular complexity index is 3620. The molecule has 284 valence electrons. The number of para-hydroxylation sites is 1. The van der Waals surface area contributed by atoms with Crippen molar-refractivity contribution in [2.24, 2.45) is 0 Å². The molecule has 0 radical (unpaired) electrons. The Morgan fingerprint density at radius 3 is 1.48 bits per heavy atom. The molecule has 4 heteroatoms. The summed E-state index contributed by atoms with van der Waals surface area (Å²) in [5.74, 6) is 0. The maximum Gasteiger partial charge on any atom is 0.101 e. The SMILES string of the molecule is c1ccc(-c2ccc3ccc4ccc(-c5ccc6ccc(-c7ccc8c(c7)cc(-c7ccccc7)c7c(-c9ccccc9)nn(-c9ccccc9)c78)cc6c5)nc4c3n2)cc1. The first-order valence-electron chi connectivity index (χ1n) is 20.7. The average Bonchev–Trinajstić information content (AvgIpc) is 3.75. The van der Waals surface area contributed by atoms with Crippen molar-refractivity contribution < 1.29 is 0 Å². The second-order valence-electron chi connectivity index (χ2n) is 15.7. The highest BCUT2D eigenvalue weighted by atomic mass is 15.3. The molecule has 0 aliphatic carbocycles. The van der Waals surface area contributed by atoms with Crippen LogP contribution in [-0.2, 0) is 0 Å². The summed E-state index contributed by atoms with van der Waals surface area (Å²) in [4.78, 5) is 10.4. The van der Waals surface area contributed by atoms with Crippen molar-refractivity contribution in [2.45, 2.75) is 0 Å². The summed E-state index contributed by atoms with van der Waals surface area (Å²) in [6.07, 6.45) is 0. The lowest BCUT2D eigenvalue weighted by Crippen LogP contribution is -1.97. The molecule has 0 aliphatic heterocycles. The maximum atomic E-state index is 5.37. The second kappa shape index (κ2) is 14.3. The lowest BCUT2D eigenvalue weighted by atomic mass is 9.92. The summed E-state index contributed by atoms with van der Waals surface area (Å²) < 4.78 is 2.13. The molecule has 0 spiro atoms. The number of rotatable bonds is 6. The molecule has 12 rings (SSSR count). The molecule has 61 heavy (non-hydrogen) atoms. The van der Waals surface area contributed by atoms with Crippen LogP contribution in [0.4, 0.5) is 0 Å². The Hall–Kier alpha value is -8.21. The van der Waals surface area contributed by atoms with Crippen molar-refractivity contribution in [1.82, 2.24) is 19.7 Å². The van der Waals surface area contributed by atoms with E-state index >= 15 is 0 Å². The fourth-order valence-electron chi connectivity index (χ4n) is 8.91. The van der Waals surface area contributed by atoms with E-state index in [2.05, 4.69) is 217 Å². The summed E-state index contributed by atoms with van der Waals surface area (Å²) in [5, 5.41) is 13.3. The molecule has 0 atom stereocenters. The third-order valence-electron chi connectivity index (χ3n) is 12.0. The fourth-order valence-corrected chi connectivity index (χ4v) is 8.91. The van der Waals surface area contributed by atoms with Gasteiger partial charge in [0.2, 0.25) is 0 Å². The number of fused-ring (bicyclic) bond motifs is 7. The van der Waals surface area contributed by atoms with Crippen molar-refractivity contribution in [2.75, 3.05) is 0 Å². The van der Waals surface area contributed by atoms with Gasteiger partial charge in [0.05, 0.1) is 33.6 Å². The van der Waals surface area contributed by atoms with Crippen LogP contribution in [0.25, 0.3) is 116 Å². The summed E-state index contributed by atoms with van der Waals surface area (Å²) in [7, 11) is 0. The number of aromatic nitrogens is 4. The van der Waals surface area contributed by atoms with Crippen LogP contribution in [0.1, 0.15) is 0 Å². The molecule has 0 amide bonds. The Labute approximate surface area is 352 Å². The molecular weight excluding hydrogens is 741 g/mol. The van der Waals surface area contributed by atoms with Crippen LogP contribution in [0.2, 0.25) is 0 Å². The summed E-state index contributed by atoms with van der Waals surface area (Å²) in [6, 6.07) is 77.5. The zero-order valence-electron chi connectivity index (χ0n) is 33.1. The van der Waals surface area contributed by atoms with Gasteiger partial charge in [-0.05, 0) is 86.9 Å². The number of hydrogen-bond donors (Lipinski definition) is 0. The van der Waals surface area contributed by atoms with Crippen molar-refractivity contribution in [1.29, 1.82) is 0 Å². The van der Waals surface area contributed by atoms with Crippen molar-refractivity contribution >= 4 is 54.3 Å². The van der Waals surface area contributed by atoms with Gasteiger partial charge in [-0.15, -0.1) is 0 Å². The van der Waals surface area contributed by atoms with E-state index in [4.69, 9.17) is 15.1 Å². The lowest BCUT2D eigenvalue weighted by Gasteiger charge is -2.13. The van der Waals surface area contributed by atoms with E-state index in [1.165, 1.54) is 5.39 Å². The number of hydrogen-bond acceptors (Lipinski definition) is 3. The van der Waals surface area contributed by atoms with Crippen molar-refractivity contribution in [3.63, 3.8) is 0 Å². The van der Waals surface area contributed by atoms with Gasteiger partial charge in [0, 0.05) is 38.2 Å². The smallest absolute Gasteiger partial charge is 0.101 e. The molecule has 0 aliphatic rings. The molecule has 0 saturated heterocycles. The molecule has 9 aromatic carbocycles. The van der Waals surface area contributed by atoms with E-state index in [-0.39, 0.29) is 0 Å². The largest absolute Gasteiger partial charge is 0.245 e. The second-order valence-corrected chi connectivity index (χ2v) is 15.7. The minimum Gasteiger partial charge on any atom is -0.245 e. The lowest BCUT2D eigenvalue weighted by molar-refractivity contribution is 0.918. The van der Waals surface area contributed by atoms with E-state index < -0.39 is 0 Å². The van der Waals surface area contributed by atoms with Gasteiger partial charge in [-0.3, -0.25) is 0 Å². The fraction of sp³-hybridized carbons (Fsp3) is 0. The Balaban J connectivity index is 0.999. The highest BCUT2D eigenvalue weighted by Crippen LogP contribution is 2.43. The highest BCUT2D eigenvalue weighted by Gasteiger charge is 2.21. The Kier molecular flexibility index (Phi) is 8.13. The quantitative estimate of drug-likeness (QED) is 0.158. The summed E-state index contributed by atoms with van der Waals surface area (Å²) in [6.45, 7) is 0. The predicted octanol–water partition coefficient (Wildman–Crippen LogP) is 14.8. The van der Waals surface area contributed by atoms with Crippen LogP contribution in [0, 0.1) is 0 Å². The van der Waals surface area contributed by atoms with Gasteiger partial charge in [-0.2, -0.15) is 5.10 Å². The van der Waals surface area contributed by atoms with Gasteiger partial charge < -0.3 is 0 Å². The molecule has 0 unspecified atom stereocenters. The number of benzene rings is 9. The maximum absolute atomic E-state index is 5.37. The molecule has 3 heterocycles. The molecule has 0 N–H and O–H groups in total. The van der Waals surface area contributed by atoms with Gasteiger partial charge in [0.25, 0.3) is 0 Å². The van der Waals surface area contributed by atoms with Crippen LogP contribution in [-0.4, -0.2) is 19.7 Å². The Morgan fingerprint density at radius 2 is 0.820 bits per heavy atom. The van der Waals surface area contributed by atoms with Crippen LogP contribution >= 0.6 is 0 Å². The molecule has 12 aromatic rings. The van der Waals surface area contributed by atoms with Gasteiger partial charge >= 0.3 is 0 Å². The van der Waals surface area contributed by atoms with Gasteiger partial charge in [-0.1, -0.05) is 170 Å². The average molecular weight is 777 g/mol.